The topological polar surface area (TPSA) is 32.8 Å². The van der Waals surface area contributed by atoms with Gasteiger partial charge < -0.3 is 14.5 Å². The number of ether oxygens (including phenoxy) is 1. The summed E-state index contributed by atoms with van der Waals surface area (Å²) >= 11 is 0. The number of carbonyl (C=O) groups excluding carboxylic acids is 1. The van der Waals surface area contributed by atoms with Gasteiger partial charge in [0.05, 0.1) is 0 Å². The minimum Gasteiger partial charge on any atom is -0.444 e. The molecule has 0 atom stereocenters. The first kappa shape index (κ1) is 16.3. The van der Waals surface area contributed by atoms with Crippen LogP contribution in [0.4, 0.5) is 4.79 Å². The van der Waals surface area contributed by atoms with E-state index in [2.05, 4.69) is 25.8 Å². The number of piperidine rings is 1. The molecule has 0 aromatic rings. The summed E-state index contributed by atoms with van der Waals surface area (Å²) in [5, 5.41) is 0. The molecule has 1 aliphatic heterocycles. The first-order valence-electron chi connectivity index (χ1n) is 7.37. The van der Waals surface area contributed by atoms with Crippen LogP contribution in [0.3, 0.4) is 0 Å². The van der Waals surface area contributed by atoms with Crippen LogP contribution < -0.4 is 0 Å². The van der Waals surface area contributed by atoms with E-state index in [1.807, 2.05) is 25.7 Å². The van der Waals surface area contributed by atoms with Crippen molar-refractivity contribution in [1.82, 2.24) is 9.80 Å². The molecule has 0 bridgehead atoms. The van der Waals surface area contributed by atoms with Gasteiger partial charge in [0.25, 0.3) is 0 Å². The van der Waals surface area contributed by atoms with E-state index in [0.29, 0.717) is 12.0 Å². The number of carbonyl (C=O) groups is 1. The zero-order chi connectivity index (χ0) is 14.6. The summed E-state index contributed by atoms with van der Waals surface area (Å²) in [4.78, 5) is 16.2. The number of likely N-dealkylation sites (tertiary alicyclic amines) is 1. The first-order valence-corrected chi connectivity index (χ1v) is 7.37. The lowest BCUT2D eigenvalue weighted by Gasteiger charge is -2.35. The second kappa shape index (κ2) is 6.60. The zero-order valence-corrected chi connectivity index (χ0v) is 13.4. The van der Waals surface area contributed by atoms with E-state index in [-0.39, 0.29) is 6.09 Å². The van der Waals surface area contributed by atoms with Crippen LogP contribution in [0.5, 0.6) is 0 Å². The Morgan fingerprint density at radius 1 is 1.32 bits per heavy atom. The second-order valence-corrected chi connectivity index (χ2v) is 6.94. The van der Waals surface area contributed by atoms with Crippen LogP contribution in [0, 0.1) is 5.92 Å². The summed E-state index contributed by atoms with van der Waals surface area (Å²) in [6, 6.07) is 0.587. The minimum absolute atomic E-state index is 0.164. The molecule has 0 radical (unpaired) electrons. The summed E-state index contributed by atoms with van der Waals surface area (Å²) in [6.07, 6.45) is 2.00. The highest BCUT2D eigenvalue weighted by Gasteiger charge is 2.27. The van der Waals surface area contributed by atoms with Crippen molar-refractivity contribution in [2.75, 3.05) is 26.7 Å². The van der Waals surface area contributed by atoms with Gasteiger partial charge in [-0.2, -0.15) is 0 Å². The predicted molar refractivity (Wildman–Crippen MR) is 78.3 cm³/mol. The van der Waals surface area contributed by atoms with E-state index in [9.17, 15) is 4.79 Å². The van der Waals surface area contributed by atoms with E-state index in [0.717, 1.165) is 32.5 Å². The van der Waals surface area contributed by atoms with Crippen molar-refractivity contribution >= 4 is 6.09 Å². The smallest absolute Gasteiger partial charge is 0.410 e. The van der Waals surface area contributed by atoms with Crippen molar-refractivity contribution in [1.29, 1.82) is 0 Å². The Bertz CT molecular complexity index is 289. The van der Waals surface area contributed by atoms with Crippen molar-refractivity contribution in [3.05, 3.63) is 0 Å². The van der Waals surface area contributed by atoms with E-state index < -0.39 is 5.60 Å². The third kappa shape index (κ3) is 5.81. The van der Waals surface area contributed by atoms with Crippen molar-refractivity contribution in [2.45, 2.75) is 59.1 Å². The van der Waals surface area contributed by atoms with Gasteiger partial charge >= 0.3 is 6.09 Å². The molecule has 0 aliphatic carbocycles. The molecule has 1 saturated heterocycles. The van der Waals surface area contributed by atoms with Crippen LogP contribution >= 0.6 is 0 Å². The van der Waals surface area contributed by atoms with Crippen molar-refractivity contribution in [3.63, 3.8) is 0 Å². The number of rotatable bonds is 3. The summed E-state index contributed by atoms with van der Waals surface area (Å²) in [7, 11) is 2.17. The number of hydrogen-bond acceptors (Lipinski definition) is 3. The molecular formula is C15H30N2O2. The van der Waals surface area contributed by atoms with Gasteiger partial charge in [0.2, 0.25) is 0 Å². The summed E-state index contributed by atoms with van der Waals surface area (Å²) < 4.78 is 5.41. The first-order chi connectivity index (χ1) is 8.69. The largest absolute Gasteiger partial charge is 0.444 e. The molecular weight excluding hydrogens is 240 g/mol. The quantitative estimate of drug-likeness (QED) is 0.790. The van der Waals surface area contributed by atoms with Crippen molar-refractivity contribution in [3.8, 4) is 0 Å². The van der Waals surface area contributed by atoms with Gasteiger partial charge in [-0.1, -0.05) is 0 Å². The van der Waals surface area contributed by atoms with Gasteiger partial charge in [0, 0.05) is 25.7 Å². The Balaban J connectivity index is 2.35. The fraction of sp³-hybridized carbons (Fsp3) is 0.933. The van der Waals surface area contributed by atoms with E-state index in [4.69, 9.17) is 4.74 Å². The third-order valence-corrected chi connectivity index (χ3v) is 3.69. The standard InChI is InChI=1S/C15H30N2O2/c1-12(2)16(6)11-13-7-9-17(10-8-13)14(18)19-15(3,4)5/h12-13H,7-11H2,1-6H3. The van der Waals surface area contributed by atoms with Gasteiger partial charge in [0.15, 0.2) is 0 Å². The van der Waals surface area contributed by atoms with E-state index >= 15 is 0 Å². The summed E-state index contributed by atoms with van der Waals surface area (Å²) in [5.74, 6) is 0.700. The molecule has 0 spiro atoms. The Morgan fingerprint density at radius 2 is 1.84 bits per heavy atom. The van der Waals surface area contributed by atoms with Gasteiger partial charge in [-0.15, -0.1) is 0 Å². The molecule has 1 heterocycles. The van der Waals surface area contributed by atoms with Crippen LogP contribution in [0.1, 0.15) is 47.5 Å². The molecule has 1 aliphatic rings. The Morgan fingerprint density at radius 3 is 2.26 bits per heavy atom. The maximum absolute atomic E-state index is 11.9. The summed E-state index contributed by atoms with van der Waals surface area (Å²) in [5.41, 5.74) is -0.397. The van der Waals surface area contributed by atoms with Crippen LogP contribution in [-0.4, -0.2) is 54.2 Å². The van der Waals surface area contributed by atoms with Gasteiger partial charge in [-0.05, 0) is 60.4 Å². The average molecular weight is 270 g/mol. The van der Waals surface area contributed by atoms with Gasteiger partial charge in [-0.25, -0.2) is 4.79 Å². The lowest BCUT2D eigenvalue weighted by atomic mass is 9.96. The third-order valence-electron chi connectivity index (χ3n) is 3.69. The highest BCUT2D eigenvalue weighted by Crippen LogP contribution is 2.20. The van der Waals surface area contributed by atoms with Crippen LogP contribution in [0.25, 0.3) is 0 Å². The molecule has 112 valence electrons. The lowest BCUT2D eigenvalue weighted by molar-refractivity contribution is 0.0169. The highest BCUT2D eigenvalue weighted by atomic mass is 16.6. The Hall–Kier alpha value is -0.770. The average Bonchev–Trinajstić information content (AvgIpc) is 2.27. The van der Waals surface area contributed by atoms with E-state index in [1.54, 1.807) is 0 Å². The molecule has 1 amide bonds. The molecule has 0 N–H and O–H groups in total. The van der Waals surface area contributed by atoms with Gasteiger partial charge in [-0.3, -0.25) is 0 Å². The normalized spacial score (nSPS) is 18.2. The molecule has 4 heteroatoms. The maximum atomic E-state index is 11.9. The van der Waals surface area contributed by atoms with E-state index in [1.165, 1.54) is 0 Å². The molecule has 0 saturated carbocycles. The number of amides is 1. The van der Waals surface area contributed by atoms with Crippen LogP contribution in [-0.2, 0) is 4.74 Å². The fourth-order valence-electron chi connectivity index (χ4n) is 2.24. The summed E-state index contributed by atoms with van der Waals surface area (Å²) in [6.45, 7) is 12.9. The molecule has 1 rings (SSSR count). The van der Waals surface area contributed by atoms with Crippen molar-refractivity contribution in [2.24, 2.45) is 5.92 Å². The highest BCUT2D eigenvalue weighted by molar-refractivity contribution is 5.68. The maximum Gasteiger partial charge on any atom is 0.410 e. The monoisotopic (exact) mass is 270 g/mol. The molecule has 0 unspecified atom stereocenters. The molecule has 0 aromatic carbocycles. The number of hydrogen-bond donors (Lipinski definition) is 0. The Kier molecular flexibility index (Phi) is 5.65. The fourth-order valence-corrected chi connectivity index (χ4v) is 2.24. The second-order valence-electron chi connectivity index (χ2n) is 6.94. The van der Waals surface area contributed by atoms with Crippen LogP contribution in [0.2, 0.25) is 0 Å². The molecule has 4 nitrogen and oxygen atoms in total. The number of nitrogens with zero attached hydrogens (tertiary/aromatic N) is 2. The molecule has 19 heavy (non-hydrogen) atoms. The SMILES string of the molecule is CC(C)N(C)CC1CCN(C(=O)OC(C)(C)C)CC1. The molecule has 0 aromatic heterocycles. The predicted octanol–water partition coefficient (Wildman–Crippen LogP) is 2.97. The zero-order valence-electron chi connectivity index (χ0n) is 13.4. The van der Waals surface area contributed by atoms with Gasteiger partial charge in [0.1, 0.15) is 5.60 Å². The van der Waals surface area contributed by atoms with Crippen molar-refractivity contribution < 1.29 is 9.53 Å². The minimum atomic E-state index is -0.397. The Labute approximate surface area is 118 Å². The van der Waals surface area contributed by atoms with Crippen LogP contribution in [0.15, 0.2) is 0 Å². The molecule has 1 fully saturated rings. The lowest BCUT2D eigenvalue weighted by Crippen LogP contribution is -2.44.